The second-order valence-electron chi connectivity index (χ2n) is 5.81. The molecule has 1 aromatic heterocycles. The average Bonchev–Trinajstić information content (AvgIpc) is 3.16. The largest absolute Gasteiger partial charge is 0.497 e. The van der Waals surface area contributed by atoms with Crippen molar-refractivity contribution in [2.24, 2.45) is 0 Å². The molecule has 10 heteroatoms. The van der Waals surface area contributed by atoms with Crippen LogP contribution in [0.5, 0.6) is 23.3 Å². The molecule has 3 rings (SSSR count). The molecule has 146 valence electrons. The molecule has 1 fully saturated rings. The van der Waals surface area contributed by atoms with E-state index < -0.39 is 10.0 Å². The third-order valence-corrected chi connectivity index (χ3v) is 6.09. The molecule has 0 bridgehead atoms. The molecule has 0 aliphatic carbocycles. The van der Waals surface area contributed by atoms with Gasteiger partial charge in [0.2, 0.25) is 21.8 Å². The monoisotopic (exact) mass is 395 g/mol. The van der Waals surface area contributed by atoms with E-state index in [1.165, 1.54) is 44.1 Å². The third kappa shape index (κ3) is 4.06. The van der Waals surface area contributed by atoms with Crippen molar-refractivity contribution in [1.82, 2.24) is 14.3 Å². The van der Waals surface area contributed by atoms with E-state index in [1.54, 1.807) is 12.1 Å². The van der Waals surface area contributed by atoms with Crippen LogP contribution in [0.15, 0.2) is 35.5 Å². The van der Waals surface area contributed by atoms with Crippen molar-refractivity contribution in [3.8, 4) is 23.3 Å². The first-order chi connectivity index (χ1) is 13.0. The van der Waals surface area contributed by atoms with Gasteiger partial charge in [-0.3, -0.25) is 4.98 Å². The minimum Gasteiger partial charge on any atom is -0.497 e. The molecule has 0 radical (unpaired) electrons. The molecule has 0 saturated carbocycles. The molecule has 0 N–H and O–H groups in total. The summed E-state index contributed by atoms with van der Waals surface area (Å²) in [6.45, 7) is 0.538. The van der Waals surface area contributed by atoms with Gasteiger partial charge in [-0.05, 0) is 18.6 Å². The molecule has 1 unspecified atom stereocenters. The lowest BCUT2D eigenvalue weighted by molar-refractivity contribution is 0.203. The number of benzene rings is 1. The molecule has 1 aliphatic rings. The van der Waals surface area contributed by atoms with Crippen LogP contribution in [-0.4, -0.2) is 63.2 Å². The zero-order chi connectivity index (χ0) is 19.4. The molecule has 1 saturated heterocycles. The fourth-order valence-corrected chi connectivity index (χ4v) is 4.42. The van der Waals surface area contributed by atoms with E-state index in [9.17, 15) is 8.42 Å². The molecular formula is C17H21N3O6S. The summed E-state index contributed by atoms with van der Waals surface area (Å²) in [4.78, 5) is 8.21. The first-order valence-electron chi connectivity index (χ1n) is 8.22. The summed E-state index contributed by atoms with van der Waals surface area (Å²) >= 11 is 0. The fraction of sp³-hybridized carbons (Fsp3) is 0.412. The van der Waals surface area contributed by atoms with Crippen molar-refractivity contribution < 1.29 is 27.4 Å². The average molecular weight is 395 g/mol. The van der Waals surface area contributed by atoms with Crippen LogP contribution in [0.1, 0.15) is 6.42 Å². The molecule has 27 heavy (non-hydrogen) atoms. The van der Waals surface area contributed by atoms with Gasteiger partial charge >= 0.3 is 0 Å². The van der Waals surface area contributed by atoms with Crippen LogP contribution in [0.4, 0.5) is 0 Å². The minimum absolute atomic E-state index is 0.0904. The molecule has 0 spiro atoms. The Hall–Kier alpha value is -2.59. The molecule has 2 aromatic rings. The lowest BCUT2D eigenvalue weighted by atomic mass is 10.3. The maximum absolute atomic E-state index is 13.0. The van der Waals surface area contributed by atoms with E-state index in [4.69, 9.17) is 18.9 Å². The lowest BCUT2D eigenvalue weighted by Crippen LogP contribution is -2.31. The van der Waals surface area contributed by atoms with E-state index in [-0.39, 0.29) is 23.3 Å². The number of ether oxygens (including phenoxy) is 4. The Balaban J connectivity index is 1.75. The van der Waals surface area contributed by atoms with Gasteiger partial charge in [0.05, 0.1) is 40.3 Å². The summed E-state index contributed by atoms with van der Waals surface area (Å²) < 4.78 is 48.5. The summed E-state index contributed by atoms with van der Waals surface area (Å²) in [5, 5.41) is 0. The second kappa shape index (κ2) is 7.97. The highest BCUT2D eigenvalue weighted by molar-refractivity contribution is 7.89. The number of aromatic nitrogens is 2. The van der Waals surface area contributed by atoms with Gasteiger partial charge in [0, 0.05) is 12.6 Å². The van der Waals surface area contributed by atoms with E-state index >= 15 is 0 Å². The van der Waals surface area contributed by atoms with E-state index in [0.29, 0.717) is 30.5 Å². The van der Waals surface area contributed by atoms with Crippen LogP contribution >= 0.6 is 0 Å². The summed E-state index contributed by atoms with van der Waals surface area (Å²) in [6, 6.07) is 4.61. The number of nitrogens with zero attached hydrogens (tertiary/aromatic N) is 3. The third-order valence-electron chi connectivity index (χ3n) is 4.18. The van der Waals surface area contributed by atoms with E-state index in [0.717, 1.165) is 0 Å². The molecule has 2 heterocycles. The SMILES string of the molecule is COc1ccc(S(=O)(=O)N2CCC(Oc3cncc(OC)n3)C2)c(OC)c1. The number of sulfonamides is 1. The van der Waals surface area contributed by atoms with Crippen LogP contribution in [0.3, 0.4) is 0 Å². The van der Waals surface area contributed by atoms with Crippen molar-refractivity contribution in [3.05, 3.63) is 30.6 Å². The number of hydrogen-bond acceptors (Lipinski definition) is 8. The lowest BCUT2D eigenvalue weighted by Gasteiger charge is -2.19. The quantitative estimate of drug-likeness (QED) is 0.693. The fourth-order valence-electron chi connectivity index (χ4n) is 2.80. The molecular weight excluding hydrogens is 374 g/mol. The van der Waals surface area contributed by atoms with Crippen molar-refractivity contribution in [3.63, 3.8) is 0 Å². The number of rotatable bonds is 7. The van der Waals surface area contributed by atoms with Gasteiger partial charge in [-0.1, -0.05) is 0 Å². The predicted octanol–water partition coefficient (Wildman–Crippen LogP) is 1.34. The summed E-state index contributed by atoms with van der Waals surface area (Å²) in [7, 11) is 0.682. The Labute approximate surface area is 157 Å². The Morgan fingerprint density at radius 1 is 1.07 bits per heavy atom. The number of methoxy groups -OCH3 is 3. The van der Waals surface area contributed by atoms with Gasteiger partial charge in [0.15, 0.2) is 0 Å². The minimum atomic E-state index is -3.73. The Morgan fingerprint density at radius 3 is 2.56 bits per heavy atom. The molecule has 1 aromatic carbocycles. The maximum atomic E-state index is 13.0. The Bertz CT molecular complexity index is 905. The van der Waals surface area contributed by atoms with Crippen LogP contribution in [-0.2, 0) is 10.0 Å². The normalized spacial score (nSPS) is 17.5. The van der Waals surface area contributed by atoms with Gasteiger partial charge in [0.1, 0.15) is 22.5 Å². The standard InChI is InChI=1S/C17H21N3O6S/c1-23-12-4-5-15(14(8-12)24-2)27(21,22)20-7-6-13(11-20)26-17-10-18-9-16(19-17)25-3/h4-5,8-10,13H,6-7,11H2,1-3H3. The second-order valence-corrected chi connectivity index (χ2v) is 7.71. The van der Waals surface area contributed by atoms with Crippen LogP contribution < -0.4 is 18.9 Å². The Morgan fingerprint density at radius 2 is 1.85 bits per heavy atom. The molecule has 1 atom stereocenters. The first kappa shape index (κ1) is 19.2. The molecule has 9 nitrogen and oxygen atoms in total. The number of hydrogen-bond donors (Lipinski definition) is 0. The van der Waals surface area contributed by atoms with Crippen molar-refractivity contribution in [1.29, 1.82) is 0 Å². The van der Waals surface area contributed by atoms with Gasteiger partial charge in [0.25, 0.3) is 0 Å². The summed E-state index contributed by atoms with van der Waals surface area (Å²) in [5.74, 6) is 1.38. The van der Waals surface area contributed by atoms with Gasteiger partial charge < -0.3 is 18.9 Å². The highest BCUT2D eigenvalue weighted by Crippen LogP contribution is 2.32. The zero-order valence-electron chi connectivity index (χ0n) is 15.3. The predicted molar refractivity (Wildman–Crippen MR) is 95.9 cm³/mol. The van der Waals surface area contributed by atoms with Crippen LogP contribution in [0, 0.1) is 0 Å². The van der Waals surface area contributed by atoms with Crippen molar-refractivity contribution in [2.45, 2.75) is 17.4 Å². The van der Waals surface area contributed by atoms with Crippen molar-refractivity contribution >= 4 is 10.0 Å². The van der Waals surface area contributed by atoms with Gasteiger partial charge in [-0.2, -0.15) is 9.29 Å². The highest BCUT2D eigenvalue weighted by Gasteiger charge is 2.35. The topological polar surface area (TPSA) is 100 Å². The highest BCUT2D eigenvalue weighted by atomic mass is 32.2. The van der Waals surface area contributed by atoms with E-state index in [1.807, 2.05) is 0 Å². The zero-order valence-corrected chi connectivity index (χ0v) is 16.1. The molecule has 0 amide bonds. The first-order valence-corrected chi connectivity index (χ1v) is 9.66. The van der Waals surface area contributed by atoms with Crippen LogP contribution in [0.2, 0.25) is 0 Å². The van der Waals surface area contributed by atoms with Gasteiger partial charge in [-0.15, -0.1) is 0 Å². The van der Waals surface area contributed by atoms with Crippen molar-refractivity contribution in [2.75, 3.05) is 34.4 Å². The smallest absolute Gasteiger partial charge is 0.246 e. The molecule has 1 aliphatic heterocycles. The summed E-state index contributed by atoms with van der Waals surface area (Å²) in [6.07, 6.45) is 3.14. The van der Waals surface area contributed by atoms with Gasteiger partial charge in [-0.25, -0.2) is 8.42 Å². The Kier molecular flexibility index (Phi) is 5.66. The van der Waals surface area contributed by atoms with E-state index in [2.05, 4.69) is 9.97 Å². The summed E-state index contributed by atoms with van der Waals surface area (Å²) in [5.41, 5.74) is 0. The van der Waals surface area contributed by atoms with Crippen LogP contribution in [0.25, 0.3) is 0 Å². The maximum Gasteiger partial charge on any atom is 0.246 e.